The Bertz CT molecular complexity index is 630. The molecule has 1 fully saturated rings. The summed E-state index contributed by atoms with van der Waals surface area (Å²) in [6.07, 6.45) is 3.54. The Kier molecular flexibility index (Phi) is 5.95. The van der Waals surface area contributed by atoms with E-state index >= 15 is 0 Å². The van der Waals surface area contributed by atoms with Crippen molar-refractivity contribution < 1.29 is 4.79 Å². The average Bonchev–Trinajstić information content (AvgIpc) is 2.79. The van der Waals surface area contributed by atoms with Crippen molar-refractivity contribution in [2.45, 2.75) is 25.8 Å². The van der Waals surface area contributed by atoms with Gasteiger partial charge in [0.25, 0.3) is 5.91 Å². The van der Waals surface area contributed by atoms with Crippen LogP contribution in [0.3, 0.4) is 0 Å². The molecule has 3 N–H and O–H groups in total. The Hall–Kier alpha value is -1.37. The van der Waals surface area contributed by atoms with Crippen LogP contribution < -0.4 is 5.73 Å². The second-order valence-electron chi connectivity index (χ2n) is 5.10. The van der Waals surface area contributed by atoms with Gasteiger partial charge in [-0.1, -0.05) is 0 Å². The highest BCUT2D eigenvalue weighted by atomic mass is 35.5. The summed E-state index contributed by atoms with van der Waals surface area (Å²) in [5.41, 5.74) is 8.08. The van der Waals surface area contributed by atoms with E-state index in [1.54, 1.807) is 6.20 Å². The maximum atomic E-state index is 12.4. The number of likely N-dealkylation sites (tertiary alicyclic amines) is 1. The fourth-order valence-electron chi connectivity index (χ4n) is 2.51. The van der Waals surface area contributed by atoms with Crippen LogP contribution in [0.25, 0.3) is 11.0 Å². The molecular weight excluding hydrogens is 313 g/mol. The summed E-state index contributed by atoms with van der Waals surface area (Å²) in [5, 5.41) is 7.83. The standard InChI is InChI=1S/C13H17N5O.2ClH/c1-8-11-5-9(6-15-12(11)17-16-8)13(19)18-4-2-3-10(14)7-18;;/h5-6,10H,2-4,7,14H2,1H3,(H,15,16,17);2*1H. The number of halogens is 2. The second-order valence-corrected chi connectivity index (χ2v) is 5.10. The molecule has 0 spiro atoms. The molecule has 8 heteroatoms. The van der Waals surface area contributed by atoms with Crippen molar-refractivity contribution in [2.24, 2.45) is 5.73 Å². The van der Waals surface area contributed by atoms with Crippen LogP contribution in [0.2, 0.25) is 0 Å². The number of aryl methyl sites for hydroxylation is 1. The van der Waals surface area contributed by atoms with Gasteiger partial charge in [0, 0.05) is 36.4 Å². The summed E-state index contributed by atoms with van der Waals surface area (Å²) in [7, 11) is 0. The van der Waals surface area contributed by atoms with Crippen LogP contribution in [0.15, 0.2) is 12.3 Å². The summed E-state index contributed by atoms with van der Waals surface area (Å²) in [5.74, 6) is 0.00477. The number of hydrogen-bond donors (Lipinski definition) is 2. The third kappa shape index (κ3) is 3.45. The largest absolute Gasteiger partial charge is 0.337 e. The molecule has 1 amide bonds. The molecule has 116 valence electrons. The first-order chi connectivity index (χ1) is 9.15. The number of fused-ring (bicyclic) bond motifs is 1. The lowest BCUT2D eigenvalue weighted by atomic mass is 10.1. The maximum absolute atomic E-state index is 12.4. The van der Waals surface area contributed by atoms with E-state index in [-0.39, 0.29) is 36.8 Å². The normalized spacial score (nSPS) is 18.0. The summed E-state index contributed by atoms with van der Waals surface area (Å²) >= 11 is 0. The number of carbonyl (C=O) groups is 1. The summed E-state index contributed by atoms with van der Waals surface area (Å²) in [6, 6.07) is 1.94. The predicted octanol–water partition coefficient (Wildman–Crippen LogP) is 1.67. The van der Waals surface area contributed by atoms with Gasteiger partial charge in [0.1, 0.15) is 0 Å². The first kappa shape index (κ1) is 17.7. The van der Waals surface area contributed by atoms with Crippen LogP contribution in [-0.2, 0) is 0 Å². The first-order valence-corrected chi connectivity index (χ1v) is 6.51. The number of aromatic amines is 1. The molecular formula is C13H19Cl2N5O. The lowest BCUT2D eigenvalue weighted by molar-refractivity contribution is 0.0708. The van der Waals surface area contributed by atoms with E-state index in [4.69, 9.17) is 5.73 Å². The highest BCUT2D eigenvalue weighted by Gasteiger charge is 2.23. The smallest absolute Gasteiger partial charge is 0.255 e. The zero-order valence-electron chi connectivity index (χ0n) is 11.7. The summed E-state index contributed by atoms with van der Waals surface area (Å²) in [6.45, 7) is 3.32. The van der Waals surface area contributed by atoms with Crippen molar-refractivity contribution in [1.82, 2.24) is 20.1 Å². The fraction of sp³-hybridized carbons (Fsp3) is 0.462. The van der Waals surface area contributed by atoms with E-state index in [1.165, 1.54) is 0 Å². The Labute approximate surface area is 135 Å². The SMILES string of the molecule is Cc1[nH]nc2ncc(C(=O)N3CCCC(N)C3)cc12.Cl.Cl. The van der Waals surface area contributed by atoms with Gasteiger partial charge in [0.2, 0.25) is 0 Å². The number of pyridine rings is 1. The molecule has 3 heterocycles. The second kappa shape index (κ2) is 7.06. The van der Waals surface area contributed by atoms with E-state index in [0.717, 1.165) is 30.5 Å². The number of carbonyl (C=O) groups excluding carboxylic acids is 1. The molecule has 2 aromatic heterocycles. The number of hydrogen-bond acceptors (Lipinski definition) is 4. The van der Waals surface area contributed by atoms with Gasteiger partial charge >= 0.3 is 0 Å². The average molecular weight is 332 g/mol. The molecule has 1 atom stereocenters. The van der Waals surface area contributed by atoms with Crippen LogP contribution in [0.1, 0.15) is 28.9 Å². The molecule has 0 radical (unpaired) electrons. The van der Waals surface area contributed by atoms with E-state index in [1.807, 2.05) is 17.9 Å². The third-order valence-corrected chi connectivity index (χ3v) is 3.59. The maximum Gasteiger partial charge on any atom is 0.255 e. The molecule has 1 saturated heterocycles. The molecule has 21 heavy (non-hydrogen) atoms. The van der Waals surface area contributed by atoms with Gasteiger partial charge in [-0.3, -0.25) is 9.89 Å². The number of nitrogens with one attached hydrogen (secondary N) is 1. The van der Waals surface area contributed by atoms with Crippen molar-refractivity contribution in [2.75, 3.05) is 13.1 Å². The molecule has 1 unspecified atom stereocenters. The zero-order chi connectivity index (χ0) is 13.4. The highest BCUT2D eigenvalue weighted by molar-refractivity contribution is 5.97. The number of nitrogens with two attached hydrogens (primary N) is 1. The van der Waals surface area contributed by atoms with E-state index in [9.17, 15) is 4.79 Å². The van der Waals surface area contributed by atoms with Crippen molar-refractivity contribution >= 4 is 41.8 Å². The third-order valence-electron chi connectivity index (χ3n) is 3.59. The van der Waals surface area contributed by atoms with Gasteiger partial charge in [-0.25, -0.2) is 4.98 Å². The fourth-order valence-corrected chi connectivity index (χ4v) is 2.51. The van der Waals surface area contributed by atoms with Crippen molar-refractivity contribution in [1.29, 1.82) is 0 Å². The molecule has 1 aliphatic rings. The van der Waals surface area contributed by atoms with Gasteiger partial charge in [0.15, 0.2) is 5.65 Å². The molecule has 0 bridgehead atoms. The molecule has 0 saturated carbocycles. The molecule has 0 aliphatic carbocycles. The minimum Gasteiger partial charge on any atom is -0.337 e. The number of H-pyrrole nitrogens is 1. The lowest BCUT2D eigenvalue weighted by Crippen LogP contribution is -2.45. The van der Waals surface area contributed by atoms with Crippen LogP contribution in [0.5, 0.6) is 0 Å². The van der Waals surface area contributed by atoms with E-state index in [2.05, 4.69) is 15.2 Å². The summed E-state index contributed by atoms with van der Waals surface area (Å²) < 4.78 is 0. The molecule has 6 nitrogen and oxygen atoms in total. The number of rotatable bonds is 1. The quantitative estimate of drug-likeness (QED) is 0.832. The first-order valence-electron chi connectivity index (χ1n) is 6.51. The molecule has 2 aromatic rings. The Morgan fingerprint density at radius 3 is 2.95 bits per heavy atom. The van der Waals surface area contributed by atoms with Gasteiger partial charge in [0.05, 0.1) is 5.56 Å². The number of piperidine rings is 1. The van der Waals surface area contributed by atoms with Gasteiger partial charge in [-0.05, 0) is 25.8 Å². The van der Waals surface area contributed by atoms with Gasteiger partial charge in [-0.2, -0.15) is 5.10 Å². The Balaban J connectivity index is 0.00000110. The Morgan fingerprint density at radius 2 is 2.24 bits per heavy atom. The molecule has 3 rings (SSSR count). The highest BCUT2D eigenvalue weighted by Crippen LogP contribution is 2.17. The van der Waals surface area contributed by atoms with Crippen molar-refractivity contribution in [3.63, 3.8) is 0 Å². The van der Waals surface area contributed by atoms with Crippen molar-refractivity contribution in [3.8, 4) is 0 Å². The lowest BCUT2D eigenvalue weighted by Gasteiger charge is -2.30. The van der Waals surface area contributed by atoms with Gasteiger partial charge in [-0.15, -0.1) is 24.8 Å². The number of nitrogens with zero attached hydrogens (tertiary/aromatic N) is 3. The minimum atomic E-state index is 0. The topological polar surface area (TPSA) is 87.9 Å². The van der Waals surface area contributed by atoms with Crippen LogP contribution in [0.4, 0.5) is 0 Å². The van der Waals surface area contributed by atoms with Crippen LogP contribution >= 0.6 is 24.8 Å². The molecule has 1 aliphatic heterocycles. The Morgan fingerprint density at radius 1 is 1.48 bits per heavy atom. The van der Waals surface area contributed by atoms with Crippen LogP contribution in [-0.4, -0.2) is 45.1 Å². The van der Waals surface area contributed by atoms with E-state index in [0.29, 0.717) is 17.8 Å². The van der Waals surface area contributed by atoms with Crippen LogP contribution in [0, 0.1) is 6.92 Å². The zero-order valence-corrected chi connectivity index (χ0v) is 13.3. The summed E-state index contributed by atoms with van der Waals surface area (Å²) in [4.78, 5) is 18.4. The van der Waals surface area contributed by atoms with E-state index < -0.39 is 0 Å². The number of amides is 1. The monoisotopic (exact) mass is 331 g/mol. The minimum absolute atomic E-state index is 0. The van der Waals surface area contributed by atoms with Crippen molar-refractivity contribution in [3.05, 3.63) is 23.5 Å². The van der Waals surface area contributed by atoms with Gasteiger partial charge < -0.3 is 10.6 Å². The predicted molar refractivity (Wildman–Crippen MR) is 86.2 cm³/mol. The number of aromatic nitrogens is 3. The molecule has 0 aromatic carbocycles.